The van der Waals surface area contributed by atoms with E-state index < -0.39 is 23.1 Å². The minimum absolute atomic E-state index is 0.0189. The SMILES string of the molecule is COc1ccc2c(c1)CCN(C1CCN(C(=O)Cn3cc(-c4cccc(F)c4Cl)c(=O)n([C@H](C)CNC(C)=O)c3=O)CC1)C(=O)N2. The molecule has 1 fully saturated rings. The number of ether oxygens (including phenoxy) is 1. The number of hydrogen-bond acceptors (Lipinski definition) is 6. The minimum Gasteiger partial charge on any atom is -0.497 e. The number of piperidine rings is 1. The molecule has 2 N–H and O–H groups in total. The molecule has 0 bridgehead atoms. The van der Waals surface area contributed by atoms with E-state index in [2.05, 4.69) is 10.6 Å². The van der Waals surface area contributed by atoms with E-state index in [1.807, 2.05) is 12.1 Å². The second-order valence-electron chi connectivity index (χ2n) is 11.5. The standard InChI is InChI=1S/C32H36ClFN6O6/c1-19(16-35-20(2)41)40-30(43)25(24-5-4-6-26(34)29(24)33)17-38(32(40)45)18-28(42)37-12-10-22(11-13-37)39-14-9-21-15-23(46-3)7-8-27(21)36-31(39)44/h4-8,15,17,19,22H,9-14,16,18H2,1-3H3,(H,35,41)(H,36,44)/t19-/m1/s1. The van der Waals surface area contributed by atoms with Crippen LogP contribution >= 0.6 is 11.6 Å². The summed E-state index contributed by atoms with van der Waals surface area (Å²) in [7, 11) is 1.60. The van der Waals surface area contributed by atoms with Gasteiger partial charge in [0.1, 0.15) is 18.1 Å². The number of methoxy groups -OCH3 is 1. The van der Waals surface area contributed by atoms with Gasteiger partial charge in [0.25, 0.3) is 5.56 Å². The Morgan fingerprint density at radius 2 is 1.85 bits per heavy atom. The summed E-state index contributed by atoms with van der Waals surface area (Å²) in [5.41, 5.74) is 0.274. The van der Waals surface area contributed by atoms with E-state index in [9.17, 15) is 28.4 Å². The molecule has 4 amide bonds. The van der Waals surface area contributed by atoms with Gasteiger partial charge in [-0.2, -0.15) is 0 Å². The van der Waals surface area contributed by atoms with Crippen LogP contribution in [-0.2, 0) is 22.6 Å². The molecular formula is C32H36ClFN6O6. The molecule has 0 aliphatic carbocycles. The van der Waals surface area contributed by atoms with E-state index in [4.69, 9.17) is 16.3 Å². The van der Waals surface area contributed by atoms with Gasteiger partial charge < -0.3 is 25.2 Å². The number of nitrogens with one attached hydrogen (secondary N) is 2. The molecule has 2 aliphatic heterocycles. The number of fused-ring (bicyclic) bond motifs is 1. The first-order valence-electron chi connectivity index (χ1n) is 15.1. The van der Waals surface area contributed by atoms with Crippen LogP contribution in [0.15, 0.2) is 52.2 Å². The highest BCUT2D eigenvalue weighted by molar-refractivity contribution is 6.33. The number of nitrogens with zero attached hydrogens (tertiary/aromatic N) is 4. The van der Waals surface area contributed by atoms with Crippen LogP contribution in [0.5, 0.6) is 5.75 Å². The lowest BCUT2D eigenvalue weighted by molar-refractivity contribution is -0.133. The number of carbonyl (C=O) groups excluding carboxylic acids is 3. The van der Waals surface area contributed by atoms with Crippen molar-refractivity contribution in [1.82, 2.24) is 24.3 Å². The first-order chi connectivity index (χ1) is 22.0. The summed E-state index contributed by atoms with van der Waals surface area (Å²) in [5, 5.41) is 5.28. The Kier molecular flexibility index (Phi) is 9.80. The normalized spacial score (nSPS) is 15.9. The minimum atomic E-state index is -0.778. The van der Waals surface area contributed by atoms with E-state index >= 15 is 0 Å². The Morgan fingerprint density at radius 1 is 1.11 bits per heavy atom. The molecule has 5 rings (SSSR count). The van der Waals surface area contributed by atoms with E-state index in [-0.39, 0.29) is 53.1 Å². The molecule has 0 saturated carbocycles. The third-order valence-electron chi connectivity index (χ3n) is 8.52. The van der Waals surface area contributed by atoms with Crippen molar-refractivity contribution in [2.45, 2.75) is 51.7 Å². The number of urea groups is 1. The van der Waals surface area contributed by atoms with Crippen LogP contribution in [0.3, 0.4) is 0 Å². The second kappa shape index (κ2) is 13.8. The van der Waals surface area contributed by atoms with Gasteiger partial charge in [0.05, 0.1) is 23.7 Å². The molecule has 2 aliphatic rings. The van der Waals surface area contributed by atoms with Gasteiger partial charge in [0.2, 0.25) is 11.8 Å². The van der Waals surface area contributed by atoms with Gasteiger partial charge in [0.15, 0.2) is 0 Å². The molecule has 3 aromatic rings. The maximum absolute atomic E-state index is 14.4. The van der Waals surface area contributed by atoms with Crippen molar-refractivity contribution in [3.63, 3.8) is 0 Å². The molecule has 0 spiro atoms. The fourth-order valence-corrected chi connectivity index (χ4v) is 6.21. The largest absolute Gasteiger partial charge is 0.497 e. The van der Waals surface area contributed by atoms with E-state index in [0.717, 1.165) is 32.2 Å². The Hall–Kier alpha value is -4.65. The average molecular weight is 655 g/mol. The molecule has 1 saturated heterocycles. The Morgan fingerprint density at radius 3 is 2.54 bits per heavy atom. The van der Waals surface area contributed by atoms with Crippen LogP contribution in [0.1, 0.15) is 38.3 Å². The Balaban J connectivity index is 1.33. The molecule has 46 heavy (non-hydrogen) atoms. The number of benzene rings is 2. The zero-order valence-electron chi connectivity index (χ0n) is 25.8. The zero-order valence-corrected chi connectivity index (χ0v) is 26.6. The predicted octanol–water partition coefficient (Wildman–Crippen LogP) is 3.26. The molecule has 1 aromatic heterocycles. The smallest absolute Gasteiger partial charge is 0.331 e. The predicted molar refractivity (Wildman–Crippen MR) is 171 cm³/mol. The molecule has 1 atom stereocenters. The van der Waals surface area contributed by atoms with Crippen LogP contribution < -0.4 is 26.6 Å². The van der Waals surface area contributed by atoms with Gasteiger partial charge >= 0.3 is 11.7 Å². The topological polar surface area (TPSA) is 135 Å². The number of anilines is 1. The van der Waals surface area contributed by atoms with Gasteiger partial charge in [-0.05, 0) is 56.0 Å². The van der Waals surface area contributed by atoms with Crippen molar-refractivity contribution in [2.24, 2.45) is 0 Å². The number of halogens is 2. The molecule has 14 heteroatoms. The van der Waals surface area contributed by atoms with Gasteiger partial charge in [-0.1, -0.05) is 23.7 Å². The maximum atomic E-state index is 14.4. The molecule has 2 aromatic carbocycles. The lowest BCUT2D eigenvalue weighted by Crippen LogP contribution is -2.51. The van der Waals surface area contributed by atoms with Gasteiger partial charge in [-0.3, -0.25) is 23.5 Å². The zero-order chi connectivity index (χ0) is 33.1. The Labute approximate surface area is 269 Å². The quantitative estimate of drug-likeness (QED) is 0.383. The first-order valence-corrected chi connectivity index (χ1v) is 15.4. The van der Waals surface area contributed by atoms with Crippen LogP contribution in [-0.4, -0.2) is 76.1 Å². The van der Waals surface area contributed by atoms with Crippen LogP contribution in [0, 0.1) is 5.82 Å². The average Bonchev–Trinajstić information content (AvgIpc) is 3.20. The molecule has 0 unspecified atom stereocenters. The van der Waals surface area contributed by atoms with Crippen LogP contribution in [0.4, 0.5) is 14.9 Å². The van der Waals surface area contributed by atoms with Gasteiger partial charge in [-0.25, -0.2) is 14.0 Å². The maximum Gasteiger partial charge on any atom is 0.331 e. The van der Waals surface area contributed by atoms with Crippen molar-refractivity contribution in [1.29, 1.82) is 0 Å². The van der Waals surface area contributed by atoms with Crippen molar-refractivity contribution in [2.75, 3.05) is 38.6 Å². The summed E-state index contributed by atoms with van der Waals surface area (Å²) in [6, 6.07) is 8.50. The lowest BCUT2D eigenvalue weighted by Gasteiger charge is -2.38. The summed E-state index contributed by atoms with van der Waals surface area (Å²) in [4.78, 5) is 68.7. The number of amides is 4. The highest BCUT2D eigenvalue weighted by Gasteiger charge is 2.32. The fraction of sp³-hybridized carbons (Fsp3) is 0.406. The lowest BCUT2D eigenvalue weighted by atomic mass is 10.0. The summed E-state index contributed by atoms with van der Waals surface area (Å²) in [6.07, 6.45) is 2.98. The van der Waals surface area contributed by atoms with E-state index in [1.165, 1.54) is 25.3 Å². The molecule has 0 radical (unpaired) electrons. The van der Waals surface area contributed by atoms with E-state index in [1.54, 1.807) is 29.9 Å². The third-order valence-corrected chi connectivity index (χ3v) is 8.90. The van der Waals surface area contributed by atoms with Crippen molar-refractivity contribution < 1.29 is 23.5 Å². The second-order valence-corrected chi connectivity index (χ2v) is 11.9. The summed E-state index contributed by atoms with van der Waals surface area (Å²) in [5.74, 6) is -0.715. The first kappa shape index (κ1) is 32.7. The summed E-state index contributed by atoms with van der Waals surface area (Å²) >= 11 is 6.21. The fourth-order valence-electron chi connectivity index (χ4n) is 5.98. The van der Waals surface area contributed by atoms with Gasteiger partial charge in [-0.15, -0.1) is 0 Å². The number of carbonyl (C=O) groups is 3. The van der Waals surface area contributed by atoms with Crippen LogP contribution in [0.2, 0.25) is 5.02 Å². The third kappa shape index (κ3) is 6.79. The number of rotatable bonds is 8. The summed E-state index contributed by atoms with van der Waals surface area (Å²) < 4.78 is 21.7. The highest BCUT2D eigenvalue weighted by atomic mass is 35.5. The van der Waals surface area contributed by atoms with Crippen molar-refractivity contribution >= 4 is 35.1 Å². The molecule has 3 heterocycles. The van der Waals surface area contributed by atoms with Crippen molar-refractivity contribution in [3.8, 4) is 16.9 Å². The Bertz CT molecular complexity index is 1780. The number of hydrogen-bond donors (Lipinski definition) is 2. The molecule has 244 valence electrons. The number of aromatic nitrogens is 2. The highest BCUT2D eigenvalue weighted by Crippen LogP contribution is 2.29. The van der Waals surface area contributed by atoms with Gasteiger partial charge in [0, 0.05) is 56.6 Å². The molecular weight excluding hydrogens is 619 g/mol. The number of likely N-dealkylation sites (tertiary alicyclic amines) is 1. The molecule has 12 nitrogen and oxygen atoms in total. The van der Waals surface area contributed by atoms with Crippen LogP contribution in [0.25, 0.3) is 11.1 Å². The van der Waals surface area contributed by atoms with E-state index in [0.29, 0.717) is 38.9 Å². The summed E-state index contributed by atoms with van der Waals surface area (Å²) in [6.45, 7) is 3.75. The monoisotopic (exact) mass is 654 g/mol. The van der Waals surface area contributed by atoms with Crippen molar-refractivity contribution in [3.05, 3.63) is 79.8 Å².